The molecule has 2 fully saturated rings. The van der Waals surface area contributed by atoms with Crippen LogP contribution in [0.15, 0.2) is 58.7 Å². The highest BCUT2D eigenvalue weighted by Gasteiger charge is 2.61. The van der Waals surface area contributed by atoms with E-state index < -0.39 is 22.9 Å². The minimum Gasteiger partial charge on any atom is -0.469 e. The van der Waals surface area contributed by atoms with Crippen LogP contribution in [0.1, 0.15) is 57.4 Å². The molecule has 1 aromatic carbocycles. The first-order valence-electron chi connectivity index (χ1n) is 15.2. The van der Waals surface area contributed by atoms with E-state index in [2.05, 4.69) is 26.0 Å². The van der Waals surface area contributed by atoms with Crippen molar-refractivity contribution in [3.8, 4) is 0 Å². The zero-order valence-electron chi connectivity index (χ0n) is 27.6. The van der Waals surface area contributed by atoms with Crippen LogP contribution in [0.4, 0.5) is 0 Å². The average Bonchev–Trinajstić information content (AvgIpc) is 3.36. The molecule has 1 saturated heterocycles. The zero-order valence-corrected chi connectivity index (χ0v) is 30.9. The second-order valence-corrected chi connectivity index (χ2v) is 18.9. The maximum Gasteiger partial charge on any atom is 0.320 e. The first kappa shape index (κ1) is 39.0. The molecule has 0 amide bonds. The number of hydrogen-bond acceptors (Lipinski definition) is 13. The lowest BCUT2D eigenvalue weighted by Gasteiger charge is -2.21. The molecule has 0 radical (unpaired) electrons. The summed E-state index contributed by atoms with van der Waals surface area (Å²) in [5.41, 5.74) is 0.0841. The van der Waals surface area contributed by atoms with Crippen LogP contribution in [-0.2, 0) is 67.3 Å². The second kappa shape index (κ2) is 18.4. The predicted octanol–water partition coefficient (Wildman–Crippen LogP) is 6.90. The summed E-state index contributed by atoms with van der Waals surface area (Å²) in [6, 6.07) is 12.0. The summed E-state index contributed by atoms with van der Waals surface area (Å²) >= 11 is 7.53. The van der Waals surface area contributed by atoms with E-state index in [0.717, 1.165) is 40.5 Å². The van der Waals surface area contributed by atoms with Gasteiger partial charge < -0.3 is 27.7 Å². The summed E-state index contributed by atoms with van der Waals surface area (Å²) in [5.74, 6) is 0.383. The molecule has 1 aliphatic heterocycles. The molecule has 2 aromatic rings. The molecule has 1 unspecified atom stereocenters. The summed E-state index contributed by atoms with van der Waals surface area (Å²) < 4.78 is 31.1. The SMILES string of the molecule is CC1(C)[C@H](/C=C2\CCSC2=O)[C@@H]1C(=O)OCc1coc(Cc2ccccc2)c1.CCOC(=O)CC(SP(=S)(OC)OC)C(=O)OCC. The number of rotatable bonds is 15. The van der Waals surface area contributed by atoms with Crippen molar-refractivity contribution < 1.29 is 46.9 Å². The quantitative estimate of drug-likeness (QED) is 0.0818. The number of carbonyl (C=O) groups is 4. The third-order valence-corrected chi connectivity index (χ3v) is 14.4. The Hall–Kier alpha value is -2.41. The molecule has 258 valence electrons. The van der Waals surface area contributed by atoms with Crippen LogP contribution < -0.4 is 0 Å². The first-order chi connectivity index (χ1) is 22.4. The molecule has 1 saturated carbocycles. The van der Waals surface area contributed by atoms with Crippen LogP contribution >= 0.6 is 28.8 Å². The van der Waals surface area contributed by atoms with Crippen LogP contribution in [0, 0.1) is 17.3 Å². The average molecular weight is 727 g/mol. The van der Waals surface area contributed by atoms with Gasteiger partial charge in [-0.05, 0) is 55.0 Å². The molecule has 0 bridgehead atoms. The smallest absolute Gasteiger partial charge is 0.320 e. The Kier molecular flexibility index (Phi) is 15.3. The summed E-state index contributed by atoms with van der Waals surface area (Å²) in [7, 11) is 2.81. The molecule has 2 heterocycles. The van der Waals surface area contributed by atoms with E-state index >= 15 is 0 Å². The van der Waals surface area contributed by atoms with Crippen LogP contribution in [0.3, 0.4) is 0 Å². The Morgan fingerprint density at radius 1 is 1.09 bits per heavy atom. The molecule has 10 nitrogen and oxygen atoms in total. The summed E-state index contributed by atoms with van der Waals surface area (Å²) in [5, 5.41) is -0.635. The summed E-state index contributed by atoms with van der Waals surface area (Å²) in [4.78, 5) is 47.7. The maximum absolute atomic E-state index is 12.6. The van der Waals surface area contributed by atoms with E-state index in [-0.39, 0.29) is 54.6 Å². The second-order valence-electron chi connectivity index (χ2n) is 11.3. The maximum atomic E-state index is 12.6. The minimum atomic E-state index is -2.65. The van der Waals surface area contributed by atoms with Gasteiger partial charge in [0.15, 0.2) is 0 Å². The van der Waals surface area contributed by atoms with E-state index in [9.17, 15) is 19.2 Å². The number of benzene rings is 1. The minimum absolute atomic E-state index is 0.0793. The standard InChI is InChI=1S/C23H24O4S.C10H19O6PS2/c1-23(2)19(12-17-8-9-28-22(17)25)20(23)21(24)27-14-16-11-18(26-13-16)10-15-6-4-3-5-7-15;1-5-15-9(11)7-8(10(12)16-6-2)19-17(18,13-3)14-4/h3-7,11-13,19-20H,8-10,14H2,1-2H3;8H,5-7H2,1-4H3/b17-12+;/t19-,20-;/m1./s1. The largest absolute Gasteiger partial charge is 0.469 e. The van der Waals surface area contributed by atoms with E-state index in [1.54, 1.807) is 20.1 Å². The normalized spacial score (nSPS) is 19.8. The Bertz CT molecular complexity index is 1450. The van der Waals surface area contributed by atoms with Crippen molar-refractivity contribution in [2.45, 2.75) is 58.8 Å². The molecular weight excluding hydrogens is 684 g/mol. The van der Waals surface area contributed by atoms with Gasteiger partial charge in [0.05, 0.1) is 31.8 Å². The van der Waals surface area contributed by atoms with Gasteiger partial charge in [-0.2, -0.15) is 0 Å². The fraction of sp³-hybridized carbons (Fsp3) is 0.515. The van der Waals surface area contributed by atoms with E-state index in [0.29, 0.717) is 6.42 Å². The number of thioether (sulfide) groups is 1. The summed E-state index contributed by atoms with van der Waals surface area (Å²) in [6.07, 6.45) is 5.05. The van der Waals surface area contributed by atoms with Crippen LogP contribution in [0.5, 0.6) is 0 Å². The molecule has 4 rings (SSSR count). The Balaban J connectivity index is 0.000000279. The fourth-order valence-electron chi connectivity index (χ4n) is 4.98. The molecule has 1 aromatic heterocycles. The monoisotopic (exact) mass is 726 g/mol. The van der Waals surface area contributed by atoms with Crippen molar-refractivity contribution in [2.24, 2.45) is 17.3 Å². The molecule has 2 aliphatic rings. The Morgan fingerprint density at radius 3 is 2.36 bits per heavy atom. The highest BCUT2D eigenvalue weighted by atomic mass is 32.9. The first-order valence-corrected chi connectivity index (χ1v) is 20.3. The number of furan rings is 1. The number of allylic oxidation sites excluding steroid dienone is 1. The molecular formula is C33H43O10PS3. The fourth-order valence-corrected chi connectivity index (χ4v) is 9.71. The van der Waals surface area contributed by atoms with Crippen molar-refractivity contribution in [3.63, 3.8) is 0 Å². The molecule has 1 aliphatic carbocycles. The van der Waals surface area contributed by atoms with Gasteiger partial charge in [-0.1, -0.05) is 73.4 Å². The highest BCUT2D eigenvalue weighted by Crippen LogP contribution is 2.62. The van der Waals surface area contributed by atoms with Crippen molar-refractivity contribution >= 4 is 63.7 Å². The van der Waals surface area contributed by atoms with Gasteiger partial charge in [0.25, 0.3) is 0 Å². The van der Waals surface area contributed by atoms with Crippen molar-refractivity contribution in [1.29, 1.82) is 0 Å². The lowest BCUT2D eigenvalue weighted by molar-refractivity contribution is -0.149. The van der Waals surface area contributed by atoms with Crippen molar-refractivity contribution in [1.82, 2.24) is 0 Å². The Morgan fingerprint density at radius 2 is 1.77 bits per heavy atom. The summed E-state index contributed by atoms with van der Waals surface area (Å²) in [6.45, 7) is 8.18. The molecule has 3 atom stereocenters. The number of hydrogen-bond donors (Lipinski definition) is 0. The van der Waals surface area contributed by atoms with Gasteiger partial charge in [-0.15, -0.1) is 0 Å². The van der Waals surface area contributed by atoms with Crippen molar-refractivity contribution in [3.05, 3.63) is 71.2 Å². The predicted molar refractivity (Wildman–Crippen MR) is 186 cm³/mol. The van der Waals surface area contributed by atoms with Gasteiger partial charge >= 0.3 is 17.9 Å². The van der Waals surface area contributed by atoms with Gasteiger partial charge in [0.1, 0.15) is 17.6 Å². The molecule has 0 N–H and O–H groups in total. The lowest BCUT2D eigenvalue weighted by atomic mass is 10.1. The van der Waals surface area contributed by atoms with Gasteiger partial charge in [-0.25, -0.2) is 0 Å². The van der Waals surface area contributed by atoms with Crippen molar-refractivity contribution in [2.75, 3.05) is 33.2 Å². The van der Waals surface area contributed by atoms with Crippen LogP contribution in [0.2, 0.25) is 0 Å². The molecule has 14 heteroatoms. The third kappa shape index (κ3) is 11.6. The number of carbonyl (C=O) groups excluding carboxylic acids is 4. The van der Waals surface area contributed by atoms with Gasteiger partial charge in [-0.3, -0.25) is 19.2 Å². The third-order valence-electron chi connectivity index (χ3n) is 7.63. The topological polar surface area (TPSA) is 128 Å². The van der Waals surface area contributed by atoms with E-state index in [1.807, 2.05) is 30.3 Å². The number of ether oxygens (including phenoxy) is 3. The highest BCUT2D eigenvalue weighted by molar-refractivity contribution is 8.68. The van der Waals surface area contributed by atoms with E-state index in [1.165, 1.54) is 31.5 Å². The Labute approximate surface area is 289 Å². The lowest BCUT2D eigenvalue weighted by Crippen LogP contribution is -2.24. The van der Waals surface area contributed by atoms with E-state index in [4.69, 9.17) is 39.5 Å². The van der Waals surface area contributed by atoms with Crippen LogP contribution in [-0.4, -0.2) is 61.5 Å². The van der Waals surface area contributed by atoms with Crippen LogP contribution in [0.25, 0.3) is 0 Å². The van der Waals surface area contributed by atoms with Gasteiger partial charge in [0.2, 0.25) is 10.8 Å². The molecule has 0 spiro atoms. The number of esters is 3. The zero-order chi connectivity index (χ0) is 34.6. The molecule has 47 heavy (non-hydrogen) atoms. The van der Waals surface area contributed by atoms with Gasteiger partial charge in [0, 0.05) is 37.5 Å².